The van der Waals surface area contributed by atoms with Gasteiger partial charge in [0.1, 0.15) is 72.2 Å². The van der Waals surface area contributed by atoms with Crippen molar-refractivity contribution in [3.63, 3.8) is 0 Å². The SMILES string of the molecule is CCC(C)[C@H](NC(=O)C(N)CCCNC(=N)N)C(=O)NCC(=O)N[C@@H](C)C(=O)N[C@@H](CCC(N)=O)C(=O)N[C@@H](CO)C(=O)NCC(=O)N[C@@H](CC(C)C)C(=O)NCC(=O)N[C@@H](CS)C(=O)N[C@@H](CC(N)=O)C(=O)N[C@@H](CO)C(=O)N[C@@H](Cc1ccccc1)C(=O)N[C@@H](CCCNC(=N)N)C(=O)N[C@@H](Cc1ccc(O)cc1)C(=O)O. The molecule has 0 fully saturated rings. The van der Waals surface area contributed by atoms with Crippen LogP contribution >= 0.6 is 12.6 Å². The van der Waals surface area contributed by atoms with Crippen molar-refractivity contribution < 1.29 is 102 Å². The third-order valence-electron chi connectivity index (χ3n) is 16.9. The number of hydrogen-bond donors (Lipinski definition) is 28. The second-order valence-corrected chi connectivity index (χ2v) is 27.2. The van der Waals surface area contributed by atoms with Crippen LogP contribution in [0.5, 0.6) is 5.75 Å². The highest BCUT2D eigenvalue weighted by Crippen LogP contribution is 2.15. The molecule has 632 valence electrons. The molecule has 16 amide bonds. The molecular weight excluding hydrogens is 1520 g/mol. The lowest BCUT2D eigenvalue weighted by Crippen LogP contribution is -2.61. The Kier molecular flexibility index (Phi) is 44.3. The number of aliphatic hydroxyl groups is 2. The van der Waals surface area contributed by atoms with Crippen LogP contribution in [0.25, 0.3) is 0 Å². The molecule has 2 rings (SSSR count). The number of nitrogens with two attached hydrogens (primary N) is 5. The molecule has 0 aliphatic rings. The normalized spacial score (nSPS) is 14.3. The van der Waals surface area contributed by atoms with Gasteiger partial charge in [0.2, 0.25) is 94.5 Å². The Morgan fingerprint density at radius 3 is 1.37 bits per heavy atom. The molecule has 0 heterocycles. The maximum absolute atomic E-state index is 14.3. The third kappa shape index (κ3) is 38.3. The van der Waals surface area contributed by atoms with Crippen molar-refractivity contribution in [3.8, 4) is 5.75 Å². The van der Waals surface area contributed by atoms with Crippen LogP contribution in [-0.4, -0.2) is 257 Å². The molecule has 0 aliphatic carbocycles. The van der Waals surface area contributed by atoms with E-state index in [2.05, 4.69) is 97.7 Å². The van der Waals surface area contributed by atoms with E-state index in [4.69, 9.17) is 39.5 Å². The Morgan fingerprint density at radius 2 is 0.860 bits per heavy atom. The van der Waals surface area contributed by atoms with E-state index in [1.54, 1.807) is 58.0 Å². The van der Waals surface area contributed by atoms with Gasteiger partial charge in [-0.1, -0.05) is 76.6 Å². The van der Waals surface area contributed by atoms with Gasteiger partial charge in [-0.2, -0.15) is 12.6 Å². The minimum atomic E-state index is -1.94. The second-order valence-electron chi connectivity index (χ2n) is 26.8. The third-order valence-corrected chi connectivity index (χ3v) is 17.2. The van der Waals surface area contributed by atoms with Gasteiger partial charge in [-0.05, 0) is 80.5 Å². The molecule has 0 saturated carbocycles. The number of guanidine groups is 2. The summed E-state index contributed by atoms with van der Waals surface area (Å²) in [5.74, 6) is -19.8. The molecule has 44 nitrogen and oxygen atoms in total. The molecule has 2 aromatic rings. The molecule has 0 radical (unpaired) electrons. The van der Waals surface area contributed by atoms with Gasteiger partial charge in [0, 0.05) is 38.1 Å². The van der Waals surface area contributed by atoms with Crippen molar-refractivity contribution in [3.05, 3.63) is 65.7 Å². The maximum Gasteiger partial charge on any atom is 0.326 e. The van der Waals surface area contributed by atoms with Crippen molar-refractivity contribution in [1.29, 1.82) is 10.8 Å². The number of phenolic OH excluding ortho intramolecular Hbond substituents is 1. The van der Waals surface area contributed by atoms with Crippen LogP contribution in [0.3, 0.4) is 0 Å². The van der Waals surface area contributed by atoms with E-state index in [1.165, 1.54) is 31.2 Å². The van der Waals surface area contributed by atoms with E-state index in [0.717, 1.165) is 0 Å². The van der Waals surface area contributed by atoms with Crippen molar-refractivity contribution in [2.24, 2.45) is 40.5 Å². The first-order valence-corrected chi connectivity index (χ1v) is 36.8. The number of carboxylic acid groups (broad SMARTS) is 1. The van der Waals surface area contributed by atoms with E-state index in [1.807, 2.05) is 0 Å². The Hall–Kier alpha value is -12.0. The fourth-order valence-electron chi connectivity index (χ4n) is 10.5. The average Bonchev–Trinajstić information content (AvgIpc) is 0.905. The van der Waals surface area contributed by atoms with Crippen molar-refractivity contribution in [1.82, 2.24) is 85.1 Å². The van der Waals surface area contributed by atoms with Gasteiger partial charge in [-0.15, -0.1) is 0 Å². The molecule has 45 heteroatoms. The Morgan fingerprint density at radius 1 is 0.439 bits per heavy atom. The Balaban J connectivity index is 2.14. The van der Waals surface area contributed by atoms with Crippen molar-refractivity contribution >= 4 is 125 Å². The average molecular weight is 1630 g/mol. The fourth-order valence-corrected chi connectivity index (χ4v) is 10.7. The summed E-state index contributed by atoms with van der Waals surface area (Å²) in [5, 5.41) is 92.9. The number of amides is 16. The van der Waals surface area contributed by atoms with Crippen LogP contribution in [0.2, 0.25) is 0 Å². The number of benzene rings is 2. The largest absolute Gasteiger partial charge is 0.508 e. The van der Waals surface area contributed by atoms with E-state index in [9.17, 15) is 102 Å². The molecule has 13 atom stereocenters. The predicted octanol–water partition coefficient (Wildman–Crippen LogP) is -10.0. The molecule has 114 heavy (non-hydrogen) atoms. The zero-order valence-corrected chi connectivity index (χ0v) is 64.7. The summed E-state index contributed by atoms with van der Waals surface area (Å²) in [6.07, 6.45) is -1.60. The fraction of sp³-hybridized carbons (Fsp3) is 0.551. The minimum Gasteiger partial charge on any atom is -0.508 e. The zero-order chi connectivity index (χ0) is 85.9. The van der Waals surface area contributed by atoms with E-state index in [0.29, 0.717) is 24.0 Å². The van der Waals surface area contributed by atoms with Gasteiger partial charge in [0.15, 0.2) is 11.9 Å². The van der Waals surface area contributed by atoms with Crippen LogP contribution < -0.4 is 114 Å². The second kappa shape index (κ2) is 51.5. The summed E-state index contributed by atoms with van der Waals surface area (Å²) in [4.78, 5) is 226. The van der Waals surface area contributed by atoms with Crippen LogP contribution in [0.15, 0.2) is 54.6 Å². The van der Waals surface area contributed by atoms with E-state index < -0.39 is 243 Å². The van der Waals surface area contributed by atoms with Gasteiger partial charge >= 0.3 is 5.97 Å². The molecule has 0 saturated heterocycles. The van der Waals surface area contributed by atoms with Crippen molar-refractivity contribution in [2.75, 3.05) is 51.7 Å². The van der Waals surface area contributed by atoms with Gasteiger partial charge in [0.05, 0.1) is 45.3 Å². The van der Waals surface area contributed by atoms with Crippen LogP contribution in [-0.2, 0) is 94.3 Å². The first kappa shape index (κ1) is 98.1. The summed E-state index contributed by atoms with van der Waals surface area (Å²) in [6.45, 7) is 3.60. The number of nitrogens with one attached hydrogen (secondary N) is 18. The molecular formula is C69H109N23O21S. The van der Waals surface area contributed by atoms with Crippen molar-refractivity contribution in [2.45, 2.75) is 178 Å². The quantitative estimate of drug-likeness (QED) is 0.0127. The summed E-state index contributed by atoms with van der Waals surface area (Å²) in [6, 6.07) is -4.98. The van der Waals surface area contributed by atoms with Crippen LogP contribution in [0, 0.1) is 22.7 Å². The number of primary amides is 2. The van der Waals surface area contributed by atoms with Gasteiger partial charge < -0.3 is 134 Å². The number of rotatable bonds is 53. The highest BCUT2D eigenvalue weighted by Gasteiger charge is 2.36. The molecule has 0 spiro atoms. The topological polar surface area (TPSA) is 741 Å². The number of phenols is 1. The van der Waals surface area contributed by atoms with Gasteiger partial charge in [-0.25, -0.2) is 4.79 Å². The molecule has 32 N–H and O–H groups in total. The molecule has 0 aliphatic heterocycles. The number of aliphatic carboxylic acids is 1. The number of aliphatic hydroxyl groups excluding tert-OH is 2. The molecule has 0 aromatic heterocycles. The minimum absolute atomic E-state index is 0.0283. The number of carbonyl (C=O) groups is 17. The first-order valence-electron chi connectivity index (χ1n) is 36.2. The Bertz CT molecular complexity index is 3660. The van der Waals surface area contributed by atoms with Crippen LogP contribution in [0.4, 0.5) is 0 Å². The van der Waals surface area contributed by atoms with E-state index >= 15 is 0 Å². The zero-order valence-electron chi connectivity index (χ0n) is 63.8. The lowest BCUT2D eigenvalue weighted by atomic mass is 9.97. The predicted molar refractivity (Wildman–Crippen MR) is 411 cm³/mol. The lowest BCUT2D eigenvalue weighted by Gasteiger charge is -2.27. The summed E-state index contributed by atoms with van der Waals surface area (Å²) < 4.78 is 0. The summed E-state index contributed by atoms with van der Waals surface area (Å²) in [5.41, 5.74) is 28.3. The first-order chi connectivity index (χ1) is 53.7. The Labute approximate surface area is 661 Å². The maximum atomic E-state index is 14.3. The number of aromatic hydroxyl groups is 1. The number of hydrogen-bond acceptors (Lipinski definition) is 24. The number of carbonyl (C=O) groups excluding carboxylic acids is 16. The van der Waals surface area contributed by atoms with Gasteiger partial charge in [0.25, 0.3) is 0 Å². The lowest BCUT2D eigenvalue weighted by molar-refractivity contribution is -0.142. The number of thiol groups is 1. The van der Waals surface area contributed by atoms with Gasteiger partial charge in [-0.3, -0.25) is 87.5 Å². The number of carboxylic acids is 1. The monoisotopic (exact) mass is 1630 g/mol. The molecule has 2 aromatic carbocycles. The summed E-state index contributed by atoms with van der Waals surface area (Å²) in [7, 11) is 0. The van der Waals surface area contributed by atoms with Crippen LogP contribution in [0.1, 0.15) is 104 Å². The summed E-state index contributed by atoms with van der Waals surface area (Å²) >= 11 is 4.11. The standard InChI is InChI=1S/C69H109N23O21S/c1-6-35(4)55(92-57(102)40(70)14-10-22-77-68(73)74)66(111)81-28-52(98)82-36(5)56(101)85-42(20-21-50(71)96)61(106)90-47(31-93)59(104)80-29-53(99)83-43(24-34(2)3)58(103)79-30-54(100)84-49(33-114)65(110)88-45(27-51(72)97)63(108)91-48(32-94)64(109)87-44(25-37-12-8-7-9-13-37)62(107)86-41(15-11-23-78-69(75)76)60(105)89-46(67(112)113)26-38-16-18-39(95)19-17-38/h7-9,12-13,16-19,34-36,40-49,55,93-95,114H,6,10-11,14-15,20-33,70H2,1-5H3,(H2,71,96)(H2,72,97)(H,79,103)(H,80,104)(H,81,111)(H,82,98)(H,83,99)(H,84,100)(H,85,101)(H,86,107)(H,87,109)(H,88,110)(H,89,105)(H,90,106)(H,91,108)(H,92,102)(H,112,113)(H4,73,74,77)(H4,75,76,78)/t35?,36-,40?,41-,42-,43-,44-,45-,46-,47-,48-,49-,55-/m0/s1. The molecule has 2 unspecified atom stereocenters. The molecule has 0 bridgehead atoms. The smallest absolute Gasteiger partial charge is 0.326 e. The highest BCUT2D eigenvalue weighted by molar-refractivity contribution is 7.80. The van der Waals surface area contributed by atoms with E-state index in [-0.39, 0.29) is 69.2 Å². The highest BCUT2D eigenvalue weighted by atomic mass is 32.1.